The van der Waals surface area contributed by atoms with Crippen molar-refractivity contribution in [2.45, 2.75) is 76.4 Å². The van der Waals surface area contributed by atoms with Crippen molar-refractivity contribution in [3.8, 4) is 0 Å². The summed E-state index contributed by atoms with van der Waals surface area (Å²) in [5.74, 6) is -0.531. The van der Waals surface area contributed by atoms with Crippen molar-refractivity contribution in [2.24, 2.45) is 0 Å². The van der Waals surface area contributed by atoms with Crippen LogP contribution in [-0.4, -0.2) is 70.3 Å². The van der Waals surface area contributed by atoms with Crippen LogP contribution in [0, 0.1) is 0 Å². The molecule has 4 atom stereocenters. The first-order valence-electron chi connectivity index (χ1n) is 9.18. The van der Waals surface area contributed by atoms with E-state index in [1.54, 1.807) is 5.32 Å². The van der Waals surface area contributed by atoms with Crippen molar-refractivity contribution in [1.82, 2.24) is 5.32 Å². The Morgan fingerprint density at radius 1 is 1.32 bits per heavy atom. The van der Waals surface area contributed by atoms with Gasteiger partial charge in [-0.3, -0.25) is 4.79 Å². The van der Waals surface area contributed by atoms with Crippen molar-refractivity contribution in [3.05, 3.63) is 11.5 Å². The second-order valence-corrected chi connectivity index (χ2v) is 13.5. The lowest BCUT2D eigenvalue weighted by molar-refractivity contribution is -0.173. The molecule has 1 heterocycles. The number of hydrogen-bond acceptors (Lipinski definition) is 4. The molecule has 0 aromatic heterocycles. The molecule has 0 radical (unpaired) electrons. The molecule has 0 aromatic carbocycles. The number of hydrogen-bond donors (Lipinski definition) is 2. The highest BCUT2D eigenvalue weighted by molar-refractivity contribution is 6.74. The lowest BCUT2D eigenvalue weighted by Gasteiger charge is -2.37. The molecular weight excluding hydrogens is 397 g/mol. The Morgan fingerprint density at radius 3 is 2.39 bits per heavy atom. The van der Waals surface area contributed by atoms with Gasteiger partial charge in [0.2, 0.25) is 0 Å². The lowest BCUT2D eigenvalue weighted by atomic mass is 9.68. The summed E-state index contributed by atoms with van der Waals surface area (Å²) in [6, 6.07) is -0.920. The van der Waals surface area contributed by atoms with Crippen LogP contribution in [0.25, 0.3) is 0 Å². The van der Waals surface area contributed by atoms with E-state index in [0.29, 0.717) is 5.57 Å². The Kier molecular flexibility index (Phi) is 8.32. The van der Waals surface area contributed by atoms with Gasteiger partial charge in [-0.1, -0.05) is 26.3 Å². The Morgan fingerprint density at radius 2 is 1.89 bits per heavy atom. The Labute approximate surface area is 165 Å². The van der Waals surface area contributed by atoms with Crippen LogP contribution in [0.3, 0.4) is 0 Å². The van der Waals surface area contributed by atoms with Gasteiger partial charge in [-0.25, -0.2) is 4.39 Å². The van der Waals surface area contributed by atoms with E-state index in [9.17, 15) is 27.5 Å². The summed E-state index contributed by atoms with van der Waals surface area (Å²) in [6.07, 6.45) is -8.69. The van der Waals surface area contributed by atoms with E-state index in [4.69, 9.17) is 9.16 Å². The third-order valence-corrected chi connectivity index (χ3v) is 9.81. The van der Waals surface area contributed by atoms with E-state index in [0.717, 1.165) is 0 Å². The minimum absolute atomic E-state index is 0.0359. The molecule has 5 nitrogen and oxygen atoms in total. The Balaban J connectivity index is 2.57. The smallest absolute Gasteiger partial charge is 0.414 e. The third kappa shape index (κ3) is 6.86. The molecule has 28 heavy (non-hydrogen) atoms. The van der Waals surface area contributed by atoms with Crippen LogP contribution in [0.15, 0.2) is 11.5 Å². The van der Waals surface area contributed by atoms with Gasteiger partial charge in [0.25, 0.3) is 0 Å². The highest BCUT2D eigenvalue weighted by Crippen LogP contribution is 2.37. The normalized spacial score (nSPS) is 27.0. The molecule has 1 fully saturated rings. The fourth-order valence-electron chi connectivity index (χ4n) is 2.34. The van der Waals surface area contributed by atoms with Gasteiger partial charge in [0.15, 0.2) is 15.6 Å². The summed E-state index contributed by atoms with van der Waals surface area (Å²) in [5, 5.41) is 11.8. The molecule has 0 saturated carbocycles. The number of aliphatic hydroxyl groups is 1. The number of rotatable bonds is 7. The summed E-state index contributed by atoms with van der Waals surface area (Å²) in [7, 11) is -2.01. The molecule has 0 aromatic rings. The van der Waals surface area contributed by atoms with Crippen LogP contribution in [0.1, 0.15) is 27.7 Å². The fraction of sp³-hybridized carbons (Fsp3) is 0.824. The molecule has 1 saturated heterocycles. The van der Waals surface area contributed by atoms with E-state index < -0.39 is 44.8 Å². The van der Waals surface area contributed by atoms with Crippen molar-refractivity contribution >= 4 is 21.5 Å². The van der Waals surface area contributed by atoms with Crippen molar-refractivity contribution in [2.75, 3.05) is 13.2 Å². The molecule has 2 N–H and O–H groups in total. The number of carbonyl (C=O) groups excluding carboxylic acids is 1. The number of ether oxygens (including phenoxy) is 1. The monoisotopic (exact) mass is 427 g/mol. The van der Waals surface area contributed by atoms with Gasteiger partial charge in [0, 0.05) is 6.54 Å². The topological polar surface area (TPSA) is 67.8 Å². The summed E-state index contributed by atoms with van der Waals surface area (Å²) in [5.41, 5.74) is 0.434. The summed E-state index contributed by atoms with van der Waals surface area (Å²) < 4.78 is 62.4. The van der Waals surface area contributed by atoms with Crippen LogP contribution in [0.5, 0.6) is 0 Å². The highest BCUT2D eigenvalue weighted by Gasteiger charge is 2.45. The van der Waals surface area contributed by atoms with E-state index in [1.165, 1.54) is 12.9 Å². The Bertz CT molecular complexity index is 580. The second kappa shape index (κ2) is 9.27. The lowest BCUT2D eigenvalue weighted by Crippen LogP contribution is -2.44. The first-order valence-corrected chi connectivity index (χ1v) is 12.1. The molecule has 11 heteroatoms. The van der Waals surface area contributed by atoms with Crippen LogP contribution in [0.4, 0.5) is 17.6 Å². The molecule has 162 valence electrons. The zero-order valence-electron chi connectivity index (χ0n) is 17.2. The largest absolute Gasteiger partial charge is 0.471 e. The van der Waals surface area contributed by atoms with Crippen LogP contribution in [0.2, 0.25) is 18.1 Å². The van der Waals surface area contributed by atoms with E-state index >= 15 is 0 Å². The molecule has 1 aliphatic rings. The van der Waals surface area contributed by atoms with Gasteiger partial charge in [0.05, 0.1) is 12.6 Å². The minimum atomic E-state index is -4.94. The zero-order chi connectivity index (χ0) is 21.9. The SMILES string of the molecule is C/C(=C\B[C@@H]1O[C@H](CO[Si](C)(C)C(C)(C)C)C(O)C1F)CNC(=O)C(F)(F)F. The van der Waals surface area contributed by atoms with E-state index in [-0.39, 0.29) is 25.5 Å². The zero-order valence-corrected chi connectivity index (χ0v) is 18.2. The average molecular weight is 427 g/mol. The number of carbonyl (C=O) groups is 1. The molecule has 1 rings (SSSR count). The van der Waals surface area contributed by atoms with Gasteiger partial charge in [0.1, 0.15) is 18.4 Å². The minimum Gasteiger partial charge on any atom is -0.414 e. The van der Waals surface area contributed by atoms with Crippen molar-refractivity contribution < 1.29 is 36.6 Å². The first kappa shape index (κ1) is 25.1. The van der Waals surface area contributed by atoms with Crippen LogP contribution < -0.4 is 5.32 Å². The molecule has 0 bridgehead atoms. The molecule has 0 aliphatic carbocycles. The first-order chi connectivity index (χ1) is 12.6. The molecule has 2 unspecified atom stereocenters. The van der Waals surface area contributed by atoms with Gasteiger partial charge in [-0.05, 0) is 25.1 Å². The highest BCUT2D eigenvalue weighted by atomic mass is 28.4. The number of nitrogens with one attached hydrogen (secondary N) is 1. The standard InChI is InChI=1S/C17H30BF4NO4Si/c1-10(8-23-15(25)17(20,21)22)7-18-14-12(19)13(24)11(27-14)9-26-28(5,6)16(2,3)4/h7,11-14,18,24H,8-9H2,1-6H3,(H,23,25)/b10-7+/t11-,12?,13?,14-/m1/s1. The molecule has 0 spiro atoms. The molecular formula is C17H30BF4NO4Si. The summed E-state index contributed by atoms with van der Waals surface area (Å²) in [6.45, 7) is 11.6. The number of amides is 1. The van der Waals surface area contributed by atoms with E-state index in [1.807, 2.05) is 13.1 Å². The van der Waals surface area contributed by atoms with Gasteiger partial charge < -0.3 is 19.6 Å². The van der Waals surface area contributed by atoms with E-state index in [2.05, 4.69) is 20.8 Å². The summed E-state index contributed by atoms with van der Waals surface area (Å²) in [4.78, 5) is 10.8. The number of halogens is 4. The third-order valence-electron chi connectivity index (χ3n) is 5.31. The van der Waals surface area contributed by atoms with Gasteiger partial charge in [-0.2, -0.15) is 13.2 Å². The van der Waals surface area contributed by atoms with Crippen LogP contribution >= 0.6 is 0 Å². The molecule has 1 aliphatic heterocycles. The van der Waals surface area contributed by atoms with Crippen LogP contribution in [-0.2, 0) is 14.0 Å². The predicted molar refractivity (Wildman–Crippen MR) is 103 cm³/mol. The second-order valence-electron chi connectivity index (χ2n) is 8.69. The maximum Gasteiger partial charge on any atom is 0.471 e. The van der Waals surface area contributed by atoms with Gasteiger partial charge >= 0.3 is 12.1 Å². The predicted octanol–water partition coefficient (Wildman–Crippen LogP) is 2.45. The summed E-state index contributed by atoms with van der Waals surface area (Å²) >= 11 is 0. The van der Waals surface area contributed by atoms with Gasteiger partial charge in [-0.15, -0.1) is 5.98 Å². The van der Waals surface area contributed by atoms with Crippen molar-refractivity contribution in [3.63, 3.8) is 0 Å². The number of alkyl halides is 4. The Hall–Kier alpha value is -0.908. The fourth-order valence-corrected chi connectivity index (χ4v) is 3.36. The number of aliphatic hydroxyl groups excluding tert-OH is 1. The molecule has 1 amide bonds. The maximum atomic E-state index is 14.3. The average Bonchev–Trinajstić information content (AvgIpc) is 2.81. The quantitative estimate of drug-likeness (QED) is 0.484. The van der Waals surface area contributed by atoms with Crippen molar-refractivity contribution in [1.29, 1.82) is 0 Å². The maximum absolute atomic E-state index is 14.3.